The third-order valence-corrected chi connectivity index (χ3v) is 12.3. The Balaban J connectivity index is 1.15. The van der Waals surface area contributed by atoms with Crippen LogP contribution in [0.5, 0.6) is 5.88 Å². The molecule has 192 valence electrons. The van der Waals surface area contributed by atoms with Gasteiger partial charge in [-0.2, -0.15) is 0 Å². The van der Waals surface area contributed by atoms with Crippen LogP contribution < -0.4 is 10.1 Å². The largest absolute Gasteiger partial charge is 0.477 e. The Hall–Kier alpha value is -1.62. The molecule has 1 aromatic rings. The summed E-state index contributed by atoms with van der Waals surface area (Å²) in [5, 5.41) is 2.64. The van der Waals surface area contributed by atoms with E-state index in [2.05, 4.69) is 31.1 Å². The van der Waals surface area contributed by atoms with Crippen LogP contribution in [0, 0.1) is 51.8 Å². The van der Waals surface area contributed by atoms with E-state index in [0.29, 0.717) is 52.2 Å². The average Bonchev–Trinajstić information content (AvgIpc) is 3.38. The van der Waals surface area contributed by atoms with E-state index in [1.54, 1.807) is 19.3 Å². The molecule has 1 heterocycles. The number of hydrogen-bond donors (Lipinski definition) is 1. The minimum absolute atomic E-state index is 0.119. The summed E-state index contributed by atoms with van der Waals surface area (Å²) in [4.78, 5) is 16.1. The lowest BCUT2D eigenvalue weighted by Gasteiger charge is -2.61. The summed E-state index contributed by atoms with van der Waals surface area (Å²) >= 11 is 0. The molecule has 2 unspecified atom stereocenters. The fourth-order valence-electron chi connectivity index (χ4n) is 10.6. The molecule has 0 aliphatic heterocycles. The van der Waals surface area contributed by atoms with Crippen molar-refractivity contribution in [3.63, 3.8) is 0 Å². The molecule has 5 saturated carbocycles. The lowest BCUT2D eigenvalue weighted by atomic mass is 9.45. The molecule has 0 aromatic carbocycles. The third kappa shape index (κ3) is 3.22. The summed E-state index contributed by atoms with van der Waals surface area (Å²) < 4.78 is 12.4. The summed E-state index contributed by atoms with van der Waals surface area (Å²) in [6, 6.07) is 3.61. The van der Waals surface area contributed by atoms with E-state index in [4.69, 9.17) is 9.47 Å². The van der Waals surface area contributed by atoms with Crippen LogP contribution in [-0.2, 0) is 4.74 Å². The molecule has 5 heteroatoms. The van der Waals surface area contributed by atoms with Gasteiger partial charge in [0, 0.05) is 31.8 Å². The topological polar surface area (TPSA) is 60.5 Å². The number of methoxy groups -OCH3 is 1. The first-order valence-electron chi connectivity index (χ1n) is 14.1. The van der Waals surface area contributed by atoms with E-state index in [1.807, 2.05) is 13.2 Å². The fourth-order valence-corrected chi connectivity index (χ4v) is 10.6. The molecule has 1 spiro atoms. The molecule has 1 aromatic heterocycles. The summed E-state index contributed by atoms with van der Waals surface area (Å²) in [5.41, 5.74) is 1.98. The van der Waals surface area contributed by atoms with Gasteiger partial charge in [0.15, 0.2) is 0 Å². The van der Waals surface area contributed by atoms with E-state index in [-0.39, 0.29) is 5.91 Å². The Morgan fingerprint density at radius 3 is 2.69 bits per heavy atom. The van der Waals surface area contributed by atoms with Crippen LogP contribution in [0.3, 0.4) is 0 Å². The Morgan fingerprint density at radius 1 is 1.17 bits per heavy atom. The summed E-state index contributed by atoms with van der Waals surface area (Å²) in [7, 11) is 3.62. The van der Waals surface area contributed by atoms with Crippen molar-refractivity contribution in [2.75, 3.05) is 20.8 Å². The lowest BCUT2D eigenvalue weighted by molar-refractivity contribution is -0.161. The molecule has 10 atom stereocenters. The Labute approximate surface area is 211 Å². The van der Waals surface area contributed by atoms with Crippen molar-refractivity contribution < 1.29 is 14.3 Å². The minimum Gasteiger partial charge on any atom is -0.477 e. The normalized spacial score (nSPS) is 46.1. The van der Waals surface area contributed by atoms with Gasteiger partial charge in [-0.15, -0.1) is 0 Å². The molecule has 1 N–H and O–H groups in total. The highest BCUT2D eigenvalue weighted by Crippen LogP contribution is 2.82. The summed E-state index contributed by atoms with van der Waals surface area (Å²) in [5.74, 6) is 5.17. The maximum absolute atomic E-state index is 11.8. The van der Waals surface area contributed by atoms with Gasteiger partial charge in [-0.25, -0.2) is 4.98 Å². The molecule has 6 rings (SSSR count). The SMILES string of the molecule is CNC(=O)c1ccc(OC[C@@H](C)[C@H]2CC[C@H]3[C@@H]4CC(OC)C56C[C@H]5CC[C@]6(C)[C@H]4CC[C@]23C)nc1. The smallest absolute Gasteiger partial charge is 0.252 e. The highest BCUT2D eigenvalue weighted by atomic mass is 16.5. The number of carbonyl (C=O) groups is 1. The standard InChI is InChI=1S/C30H44N2O3/c1-18(17-35-26-9-6-19(16-32-26)27(33)31-4)22-7-8-23-21-14-25(34-5)30-15-20(30)10-13-29(30,3)24(21)11-12-28(22,23)2/h6,9,16,18,20-25H,7-8,10-15,17H2,1-5H3,(H,31,33)/t18-,20-,21+,22-,23+,24+,25?,28-,29-,30?/m1/s1. The van der Waals surface area contributed by atoms with E-state index in [1.165, 1.54) is 51.4 Å². The van der Waals surface area contributed by atoms with Gasteiger partial charge in [0.25, 0.3) is 5.91 Å². The van der Waals surface area contributed by atoms with Crippen LogP contribution in [-0.4, -0.2) is 37.8 Å². The van der Waals surface area contributed by atoms with Crippen LogP contribution in [0.1, 0.15) is 82.5 Å². The van der Waals surface area contributed by atoms with Gasteiger partial charge in [0.2, 0.25) is 5.88 Å². The van der Waals surface area contributed by atoms with Crippen LogP contribution >= 0.6 is 0 Å². The number of hydrogen-bond acceptors (Lipinski definition) is 4. The van der Waals surface area contributed by atoms with Gasteiger partial charge in [0.1, 0.15) is 0 Å². The molecule has 5 fully saturated rings. The van der Waals surface area contributed by atoms with Crippen molar-refractivity contribution in [1.29, 1.82) is 0 Å². The second-order valence-electron chi connectivity index (χ2n) is 13.2. The van der Waals surface area contributed by atoms with Crippen molar-refractivity contribution in [3.8, 4) is 5.88 Å². The van der Waals surface area contributed by atoms with Gasteiger partial charge in [-0.3, -0.25) is 4.79 Å². The molecular formula is C30H44N2O3. The molecule has 0 radical (unpaired) electrons. The molecule has 0 saturated heterocycles. The predicted octanol–water partition coefficient (Wildman–Crippen LogP) is 5.74. The van der Waals surface area contributed by atoms with Crippen LogP contribution in [0.2, 0.25) is 0 Å². The Kier molecular flexibility index (Phi) is 5.56. The monoisotopic (exact) mass is 480 g/mol. The number of amides is 1. The average molecular weight is 481 g/mol. The van der Waals surface area contributed by atoms with Crippen LogP contribution in [0.4, 0.5) is 0 Å². The van der Waals surface area contributed by atoms with Gasteiger partial charge in [0.05, 0.1) is 18.3 Å². The predicted molar refractivity (Wildman–Crippen MR) is 136 cm³/mol. The number of fused-ring (bicyclic) bond motifs is 4. The van der Waals surface area contributed by atoms with Gasteiger partial charge < -0.3 is 14.8 Å². The Bertz CT molecular complexity index is 980. The number of nitrogens with zero attached hydrogens (tertiary/aromatic N) is 1. The maximum atomic E-state index is 11.8. The zero-order chi connectivity index (χ0) is 24.6. The second kappa shape index (κ2) is 8.19. The van der Waals surface area contributed by atoms with Crippen LogP contribution in [0.25, 0.3) is 0 Å². The van der Waals surface area contributed by atoms with E-state index in [9.17, 15) is 4.79 Å². The molecule has 5 aliphatic rings. The van der Waals surface area contributed by atoms with E-state index >= 15 is 0 Å². The third-order valence-electron chi connectivity index (χ3n) is 12.3. The zero-order valence-corrected chi connectivity index (χ0v) is 22.3. The highest BCUT2D eigenvalue weighted by Gasteiger charge is 2.77. The molecule has 1 amide bonds. The number of nitrogens with one attached hydrogen (secondary N) is 1. The molecule has 5 aliphatic carbocycles. The number of rotatable bonds is 6. The van der Waals surface area contributed by atoms with Gasteiger partial charge >= 0.3 is 0 Å². The van der Waals surface area contributed by atoms with Crippen molar-refractivity contribution in [2.24, 2.45) is 51.8 Å². The highest BCUT2D eigenvalue weighted by molar-refractivity contribution is 5.93. The van der Waals surface area contributed by atoms with Crippen molar-refractivity contribution in [3.05, 3.63) is 23.9 Å². The molecular weight excluding hydrogens is 436 g/mol. The van der Waals surface area contributed by atoms with Crippen molar-refractivity contribution in [1.82, 2.24) is 10.3 Å². The van der Waals surface area contributed by atoms with E-state index < -0.39 is 0 Å². The van der Waals surface area contributed by atoms with Gasteiger partial charge in [-0.05, 0) is 104 Å². The van der Waals surface area contributed by atoms with E-state index in [0.717, 1.165) is 23.7 Å². The number of pyridine rings is 1. The first-order valence-corrected chi connectivity index (χ1v) is 14.1. The minimum atomic E-state index is -0.119. The maximum Gasteiger partial charge on any atom is 0.252 e. The number of carbonyl (C=O) groups excluding carboxylic acids is 1. The number of aromatic nitrogens is 1. The van der Waals surface area contributed by atoms with Crippen molar-refractivity contribution in [2.45, 2.75) is 78.2 Å². The first kappa shape index (κ1) is 23.8. The van der Waals surface area contributed by atoms with Gasteiger partial charge in [-0.1, -0.05) is 20.8 Å². The summed E-state index contributed by atoms with van der Waals surface area (Å²) in [6.07, 6.45) is 13.2. The zero-order valence-electron chi connectivity index (χ0n) is 22.3. The molecule has 35 heavy (non-hydrogen) atoms. The fraction of sp³-hybridized carbons (Fsp3) is 0.800. The second-order valence-corrected chi connectivity index (χ2v) is 13.2. The molecule has 0 bridgehead atoms. The Morgan fingerprint density at radius 2 is 2.00 bits per heavy atom. The lowest BCUT2D eigenvalue weighted by Crippen LogP contribution is -2.57. The van der Waals surface area contributed by atoms with Crippen LogP contribution in [0.15, 0.2) is 18.3 Å². The quantitative estimate of drug-likeness (QED) is 0.564. The first-order chi connectivity index (χ1) is 16.8. The van der Waals surface area contributed by atoms with Crippen molar-refractivity contribution >= 4 is 5.91 Å². The number of ether oxygens (including phenoxy) is 2. The summed E-state index contributed by atoms with van der Waals surface area (Å²) in [6.45, 7) is 8.35. The molecule has 5 nitrogen and oxygen atoms in total.